The second-order valence-electron chi connectivity index (χ2n) is 9.54. The number of halogens is 1. The van der Waals surface area contributed by atoms with Crippen LogP contribution >= 0.6 is 11.6 Å². The molecule has 0 atom stereocenters. The van der Waals surface area contributed by atoms with Gasteiger partial charge < -0.3 is 19.9 Å². The minimum atomic E-state index is -1.12. The Morgan fingerprint density at radius 3 is 1.87 bits per heavy atom. The van der Waals surface area contributed by atoms with Gasteiger partial charge in [-0.05, 0) is 107 Å². The van der Waals surface area contributed by atoms with Crippen molar-refractivity contribution in [3.8, 4) is 5.75 Å². The number of esters is 2. The summed E-state index contributed by atoms with van der Waals surface area (Å²) in [6, 6.07) is 20.1. The average Bonchev–Trinajstić information content (AvgIpc) is 2.89. The molecule has 0 fully saturated rings. The van der Waals surface area contributed by atoms with E-state index in [-0.39, 0.29) is 17.9 Å². The SMILES string of the molecule is CC(C)OC(=O)C(C)(C)Oc1ccc(C(=O)c2ccc(Cl)cc2)cc1.CCCCOC(=O)c1ccc(N)cc1. The smallest absolute Gasteiger partial charge is 0.350 e. The lowest BCUT2D eigenvalue weighted by molar-refractivity contribution is -0.163. The number of rotatable bonds is 10. The predicted octanol–water partition coefficient (Wildman–Crippen LogP) is 6.91. The maximum Gasteiger partial charge on any atom is 0.350 e. The fourth-order valence-corrected chi connectivity index (χ4v) is 3.27. The summed E-state index contributed by atoms with van der Waals surface area (Å²) in [6.07, 6.45) is 1.71. The number of unbranched alkanes of at least 4 members (excludes halogenated alkanes) is 1. The monoisotopic (exact) mass is 553 g/mol. The number of ether oxygens (including phenoxy) is 3. The average molecular weight is 554 g/mol. The lowest BCUT2D eigenvalue weighted by Gasteiger charge is -2.25. The summed E-state index contributed by atoms with van der Waals surface area (Å²) < 4.78 is 15.9. The lowest BCUT2D eigenvalue weighted by Crippen LogP contribution is -2.40. The molecule has 39 heavy (non-hydrogen) atoms. The van der Waals surface area contributed by atoms with Crippen LogP contribution in [0.4, 0.5) is 5.69 Å². The van der Waals surface area contributed by atoms with Crippen LogP contribution in [-0.2, 0) is 14.3 Å². The van der Waals surface area contributed by atoms with Crippen molar-refractivity contribution in [2.24, 2.45) is 0 Å². The zero-order chi connectivity index (χ0) is 29.0. The van der Waals surface area contributed by atoms with Crippen LogP contribution in [0.1, 0.15) is 73.7 Å². The molecule has 0 amide bonds. The number of benzene rings is 3. The van der Waals surface area contributed by atoms with Crippen molar-refractivity contribution in [2.75, 3.05) is 12.3 Å². The van der Waals surface area contributed by atoms with E-state index in [2.05, 4.69) is 6.92 Å². The third-order valence-electron chi connectivity index (χ3n) is 5.31. The Morgan fingerprint density at radius 2 is 1.36 bits per heavy atom. The minimum Gasteiger partial charge on any atom is -0.476 e. The van der Waals surface area contributed by atoms with Crippen LogP contribution in [0, 0.1) is 0 Å². The maximum atomic E-state index is 12.4. The van der Waals surface area contributed by atoms with Crippen LogP contribution in [0.3, 0.4) is 0 Å². The molecule has 0 aliphatic heterocycles. The third-order valence-corrected chi connectivity index (χ3v) is 5.56. The van der Waals surface area contributed by atoms with Gasteiger partial charge in [0.2, 0.25) is 0 Å². The number of nitrogen functional groups attached to an aromatic ring is 1. The van der Waals surface area contributed by atoms with Crippen molar-refractivity contribution >= 4 is 35.0 Å². The molecule has 0 bridgehead atoms. The van der Waals surface area contributed by atoms with Gasteiger partial charge in [-0.1, -0.05) is 24.9 Å². The highest BCUT2D eigenvalue weighted by atomic mass is 35.5. The van der Waals surface area contributed by atoms with Gasteiger partial charge in [-0.15, -0.1) is 0 Å². The molecule has 7 nitrogen and oxygen atoms in total. The summed E-state index contributed by atoms with van der Waals surface area (Å²) in [5.41, 5.74) is 6.66. The number of anilines is 1. The van der Waals surface area contributed by atoms with Crippen LogP contribution < -0.4 is 10.5 Å². The third kappa shape index (κ3) is 10.4. The molecule has 2 N–H and O–H groups in total. The zero-order valence-electron chi connectivity index (χ0n) is 23.0. The van der Waals surface area contributed by atoms with Crippen molar-refractivity contribution in [3.05, 3.63) is 94.5 Å². The van der Waals surface area contributed by atoms with Gasteiger partial charge in [-0.3, -0.25) is 4.79 Å². The molecule has 0 saturated carbocycles. The molecule has 3 rings (SSSR count). The minimum absolute atomic E-state index is 0.110. The highest BCUT2D eigenvalue weighted by molar-refractivity contribution is 6.30. The van der Waals surface area contributed by atoms with E-state index in [0.717, 1.165) is 12.8 Å². The molecule has 3 aromatic rings. The Labute approximate surface area is 235 Å². The Morgan fingerprint density at radius 1 is 0.846 bits per heavy atom. The molecular weight excluding hydrogens is 518 g/mol. The van der Waals surface area contributed by atoms with Crippen LogP contribution in [0.25, 0.3) is 0 Å². The Hall–Kier alpha value is -3.84. The Balaban J connectivity index is 0.000000322. The molecule has 8 heteroatoms. The number of carbonyl (C=O) groups excluding carboxylic acids is 3. The van der Waals surface area contributed by atoms with Gasteiger partial charge in [0.15, 0.2) is 11.4 Å². The maximum absolute atomic E-state index is 12.4. The van der Waals surface area contributed by atoms with Crippen molar-refractivity contribution in [3.63, 3.8) is 0 Å². The number of hydrogen-bond acceptors (Lipinski definition) is 7. The van der Waals surface area contributed by atoms with Gasteiger partial charge in [0.1, 0.15) is 5.75 Å². The van der Waals surface area contributed by atoms with Gasteiger partial charge in [0, 0.05) is 21.8 Å². The highest BCUT2D eigenvalue weighted by Gasteiger charge is 2.32. The van der Waals surface area contributed by atoms with Crippen molar-refractivity contribution in [1.82, 2.24) is 0 Å². The summed E-state index contributed by atoms with van der Waals surface area (Å²) in [6.45, 7) is 9.39. The first-order chi connectivity index (χ1) is 18.4. The first-order valence-corrected chi connectivity index (χ1v) is 13.1. The van der Waals surface area contributed by atoms with E-state index >= 15 is 0 Å². The lowest BCUT2D eigenvalue weighted by atomic mass is 10.0. The summed E-state index contributed by atoms with van der Waals surface area (Å²) in [5, 5.41) is 0.579. The molecule has 0 aliphatic carbocycles. The number of ketones is 1. The van der Waals surface area contributed by atoms with Gasteiger partial charge in [0.05, 0.1) is 18.3 Å². The molecule has 0 heterocycles. The van der Waals surface area contributed by atoms with Crippen LogP contribution in [0.15, 0.2) is 72.8 Å². The van der Waals surface area contributed by atoms with Crippen LogP contribution in [0.2, 0.25) is 5.02 Å². The molecule has 0 unspecified atom stereocenters. The number of nitrogens with two attached hydrogens (primary N) is 1. The van der Waals surface area contributed by atoms with E-state index in [9.17, 15) is 14.4 Å². The van der Waals surface area contributed by atoms with E-state index in [4.69, 9.17) is 31.5 Å². The normalized spacial score (nSPS) is 10.7. The van der Waals surface area contributed by atoms with E-state index in [1.54, 1.807) is 100 Å². The van der Waals surface area contributed by atoms with E-state index in [0.29, 0.717) is 39.8 Å². The first kappa shape index (κ1) is 31.4. The first-order valence-electron chi connectivity index (χ1n) is 12.8. The van der Waals surface area contributed by atoms with Gasteiger partial charge in [0.25, 0.3) is 0 Å². The summed E-state index contributed by atoms with van der Waals surface area (Å²) >= 11 is 5.84. The van der Waals surface area contributed by atoms with Crippen LogP contribution in [-0.4, -0.2) is 36.0 Å². The molecule has 3 aromatic carbocycles. The fraction of sp³-hybridized carbons (Fsp3) is 0.323. The number of carbonyl (C=O) groups is 3. The fourth-order valence-electron chi connectivity index (χ4n) is 3.15. The summed E-state index contributed by atoms with van der Waals surface area (Å²) in [5.74, 6) is -0.345. The molecular formula is C31H36ClNO6. The number of hydrogen-bond donors (Lipinski definition) is 1. The van der Waals surface area contributed by atoms with Crippen molar-refractivity contribution in [2.45, 2.75) is 59.2 Å². The van der Waals surface area contributed by atoms with Crippen LogP contribution in [0.5, 0.6) is 5.75 Å². The summed E-state index contributed by atoms with van der Waals surface area (Å²) in [7, 11) is 0. The highest BCUT2D eigenvalue weighted by Crippen LogP contribution is 2.22. The molecule has 208 valence electrons. The molecule has 0 radical (unpaired) electrons. The second kappa shape index (κ2) is 14.9. The molecule has 0 spiro atoms. The van der Waals surface area contributed by atoms with Gasteiger partial charge in [-0.25, -0.2) is 9.59 Å². The second-order valence-corrected chi connectivity index (χ2v) is 9.97. The molecule has 0 aliphatic rings. The Kier molecular flexibility index (Phi) is 12.0. The molecule has 0 saturated heterocycles. The zero-order valence-corrected chi connectivity index (χ0v) is 23.8. The molecule has 0 aromatic heterocycles. The topological polar surface area (TPSA) is 105 Å². The van der Waals surface area contributed by atoms with Crippen molar-refractivity contribution < 1.29 is 28.6 Å². The van der Waals surface area contributed by atoms with E-state index in [1.165, 1.54) is 0 Å². The predicted molar refractivity (Wildman–Crippen MR) is 153 cm³/mol. The van der Waals surface area contributed by atoms with E-state index < -0.39 is 11.6 Å². The van der Waals surface area contributed by atoms with Crippen molar-refractivity contribution in [1.29, 1.82) is 0 Å². The standard InChI is InChI=1S/C20H21ClO4.C11H15NO2/c1-13(2)24-19(23)20(3,4)25-17-11-7-15(8-12-17)18(22)14-5-9-16(21)10-6-14;1-2-3-8-14-11(13)9-4-6-10(12)7-5-9/h5-13H,1-4H3;4-7H,2-3,8,12H2,1H3. The summed E-state index contributed by atoms with van der Waals surface area (Å²) in [4.78, 5) is 35.8. The quantitative estimate of drug-likeness (QED) is 0.126. The van der Waals surface area contributed by atoms with Gasteiger partial charge in [-0.2, -0.15) is 0 Å². The largest absolute Gasteiger partial charge is 0.476 e. The van der Waals surface area contributed by atoms with Gasteiger partial charge >= 0.3 is 11.9 Å². The van der Waals surface area contributed by atoms with E-state index in [1.807, 2.05) is 0 Å². The Bertz CT molecular complexity index is 1220.